The molecule has 0 spiro atoms. The minimum Gasteiger partial charge on any atom is -0.381 e. The van der Waals surface area contributed by atoms with E-state index in [9.17, 15) is 0 Å². The lowest BCUT2D eigenvalue weighted by atomic mass is 10.0. The van der Waals surface area contributed by atoms with Gasteiger partial charge in [0.15, 0.2) is 0 Å². The van der Waals surface area contributed by atoms with Crippen molar-refractivity contribution in [2.45, 2.75) is 52.2 Å². The number of hydrogen-bond donors (Lipinski definition) is 1. The molecular weight excluding hydrogens is 202 g/mol. The van der Waals surface area contributed by atoms with Crippen LogP contribution in [-0.2, 0) is 9.47 Å². The van der Waals surface area contributed by atoms with E-state index in [-0.39, 0.29) is 0 Å². The topological polar surface area (TPSA) is 30.5 Å². The Morgan fingerprint density at radius 2 is 2.00 bits per heavy atom. The molecule has 0 aromatic heterocycles. The highest BCUT2D eigenvalue weighted by molar-refractivity contribution is 4.66. The van der Waals surface area contributed by atoms with Crippen molar-refractivity contribution in [3.05, 3.63) is 0 Å². The van der Waals surface area contributed by atoms with Crippen LogP contribution in [0.25, 0.3) is 0 Å². The molecule has 1 atom stereocenters. The fourth-order valence-electron chi connectivity index (χ4n) is 1.87. The van der Waals surface area contributed by atoms with Gasteiger partial charge in [0, 0.05) is 32.4 Å². The first kappa shape index (κ1) is 13.9. The van der Waals surface area contributed by atoms with E-state index in [4.69, 9.17) is 9.47 Å². The smallest absolute Gasteiger partial charge is 0.0697 e. The van der Waals surface area contributed by atoms with Crippen LogP contribution >= 0.6 is 0 Å². The highest BCUT2D eigenvalue weighted by atomic mass is 16.5. The Hall–Kier alpha value is -0.120. The molecular formula is C13H27NO2. The van der Waals surface area contributed by atoms with Gasteiger partial charge in [0.1, 0.15) is 0 Å². The Kier molecular flexibility index (Phi) is 7.01. The normalized spacial score (nSPS) is 20.2. The predicted octanol–water partition coefficient (Wildman–Crippen LogP) is 2.21. The van der Waals surface area contributed by atoms with Gasteiger partial charge in [0.2, 0.25) is 0 Å². The average Bonchev–Trinajstić information content (AvgIpc) is 2.30. The van der Waals surface area contributed by atoms with Gasteiger partial charge in [-0.2, -0.15) is 0 Å². The molecule has 1 rings (SSSR count). The van der Waals surface area contributed by atoms with Gasteiger partial charge in [-0.25, -0.2) is 0 Å². The zero-order valence-electron chi connectivity index (χ0n) is 11.0. The fourth-order valence-corrected chi connectivity index (χ4v) is 1.87. The number of rotatable bonds is 7. The molecule has 0 saturated carbocycles. The van der Waals surface area contributed by atoms with Crippen LogP contribution in [0, 0.1) is 5.92 Å². The third-order valence-corrected chi connectivity index (χ3v) is 3.12. The van der Waals surface area contributed by atoms with E-state index in [0.717, 1.165) is 45.6 Å². The van der Waals surface area contributed by atoms with E-state index >= 15 is 0 Å². The number of hydrogen-bond acceptors (Lipinski definition) is 3. The Bertz CT molecular complexity index is 167. The summed E-state index contributed by atoms with van der Waals surface area (Å²) < 4.78 is 11.3. The molecule has 0 radical (unpaired) electrons. The summed E-state index contributed by atoms with van der Waals surface area (Å²) in [5.74, 6) is 0.710. The first-order valence-corrected chi connectivity index (χ1v) is 6.65. The summed E-state index contributed by atoms with van der Waals surface area (Å²) in [6.07, 6.45) is 3.77. The number of ether oxygens (including phenoxy) is 2. The molecule has 16 heavy (non-hydrogen) atoms. The summed E-state index contributed by atoms with van der Waals surface area (Å²) in [6, 6.07) is 0.542. The molecule has 0 aromatic carbocycles. The van der Waals surface area contributed by atoms with Crippen LogP contribution in [0.3, 0.4) is 0 Å². The summed E-state index contributed by atoms with van der Waals surface area (Å²) in [4.78, 5) is 0. The van der Waals surface area contributed by atoms with Crippen molar-refractivity contribution in [2.75, 3.05) is 26.4 Å². The summed E-state index contributed by atoms with van der Waals surface area (Å²) in [7, 11) is 0. The Morgan fingerprint density at radius 1 is 1.31 bits per heavy atom. The second-order valence-corrected chi connectivity index (χ2v) is 4.98. The second-order valence-electron chi connectivity index (χ2n) is 4.98. The van der Waals surface area contributed by atoms with E-state index in [1.165, 1.54) is 0 Å². The van der Waals surface area contributed by atoms with Crippen LogP contribution in [-0.4, -0.2) is 38.5 Å². The molecule has 1 N–H and O–H groups in total. The molecule has 1 unspecified atom stereocenters. The third-order valence-electron chi connectivity index (χ3n) is 3.12. The lowest BCUT2D eigenvalue weighted by molar-refractivity contribution is -0.0119. The largest absolute Gasteiger partial charge is 0.381 e. The molecule has 3 heteroatoms. The van der Waals surface area contributed by atoms with Gasteiger partial charge in [0.25, 0.3) is 0 Å². The quantitative estimate of drug-likeness (QED) is 0.726. The molecule has 3 nitrogen and oxygen atoms in total. The van der Waals surface area contributed by atoms with Crippen LogP contribution in [0.2, 0.25) is 0 Å². The molecule has 1 aliphatic heterocycles. The van der Waals surface area contributed by atoms with Crippen molar-refractivity contribution in [3.63, 3.8) is 0 Å². The van der Waals surface area contributed by atoms with E-state index in [2.05, 4.69) is 26.1 Å². The van der Waals surface area contributed by atoms with E-state index in [1.54, 1.807) is 0 Å². The summed E-state index contributed by atoms with van der Waals surface area (Å²) in [6.45, 7) is 10.2. The maximum atomic E-state index is 5.96. The second kappa shape index (κ2) is 8.04. The van der Waals surface area contributed by atoms with Crippen molar-refractivity contribution in [3.8, 4) is 0 Å². The Balaban J connectivity index is 2.11. The number of nitrogens with one attached hydrogen (secondary N) is 1. The zero-order valence-corrected chi connectivity index (χ0v) is 11.0. The lowest BCUT2D eigenvalue weighted by Crippen LogP contribution is -2.34. The van der Waals surface area contributed by atoms with Crippen molar-refractivity contribution in [1.29, 1.82) is 0 Å². The van der Waals surface area contributed by atoms with Crippen LogP contribution in [0.4, 0.5) is 0 Å². The first-order chi connectivity index (χ1) is 7.72. The molecule has 96 valence electrons. The van der Waals surface area contributed by atoms with E-state index < -0.39 is 0 Å². The first-order valence-electron chi connectivity index (χ1n) is 6.65. The Morgan fingerprint density at radius 3 is 2.56 bits per heavy atom. The highest BCUT2D eigenvalue weighted by Crippen LogP contribution is 2.15. The molecule has 0 aromatic rings. The standard InChI is InChI=1S/C13H27NO2/c1-4-13(9-14-11(2)3)16-10-12-5-7-15-8-6-12/h11-14H,4-10H2,1-3H3. The highest BCUT2D eigenvalue weighted by Gasteiger charge is 2.16. The van der Waals surface area contributed by atoms with E-state index in [1.807, 2.05) is 0 Å². The molecule has 0 aliphatic carbocycles. The zero-order chi connectivity index (χ0) is 11.8. The molecule has 1 aliphatic rings. The third kappa shape index (κ3) is 5.83. The lowest BCUT2D eigenvalue weighted by Gasteiger charge is -2.25. The molecule has 1 fully saturated rings. The maximum Gasteiger partial charge on any atom is 0.0697 e. The molecule has 1 heterocycles. The van der Waals surface area contributed by atoms with Crippen molar-refractivity contribution >= 4 is 0 Å². The summed E-state index contributed by atoms with van der Waals surface area (Å²) >= 11 is 0. The molecule has 0 amide bonds. The molecule has 1 saturated heterocycles. The van der Waals surface area contributed by atoms with Gasteiger partial charge in [-0.05, 0) is 25.2 Å². The van der Waals surface area contributed by atoms with Crippen LogP contribution in [0.15, 0.2) is 0 Å². The fraction of sp³-hybridized carbons (Fsp3) is 1.00. The van der Waals surface area contributed by atoms with Gasteiger partial charge in [-0.1, -0.05) is 20.8 Å². The predicted molar refractivity (Wildman–Crippen MR) is 66.7 cm³/mol. The minimum absolute atomic E-state index is 0.366. The maximum absolute atomic E-state index is 5.96. The van der Waals surface area contributed by atoms with Gasteiger partial charge >= 0.3 is 0 Å². The van der Waals surface area contributed by atoms with Gasteiger partial charge in [-0.3, -0.25) is 0 Å². The van der Waals surface area contributed by atoms with Crippen molar-refractivity contribution in [1.82, 2.24) is 5.32 Å². The Labute approximate surface area is 99.9 Å². The SMILES string of the molecule is CCC(CNC(C)C)OCC1CCOCC1. The van der Waals surface area contributed by atoms with Crippen LogP contribution in [0.1, 0.15) is 40.0 Å². The van der Waals surface area contributed by atoms with Crippen molar-refractivity contribution in [2.24, 2.45) is 5.92 Å². The van der Waals surface area contributed by atoms with Gasteiger partial charge in [0.05, 0.1) is 6.10 Å². The van der Waals surface area contributed by atoms with Crippen LogP contribution in [0.5, 0.6) is 0 Å². The summed E-state index contributed by atoms with van der Waals surface area (Å²) in [5.41, 5.74) is 0. The van der Waals surface area contributed by atoms with Crippen molar-refractivity contribution < 1.29 is 9.47 Å². The summed E-state index contributed by atoms with van der Waals surface area (Å²) in [5, 5.41) is 3.43. The monoisotopic (exact) mass is 229 g/mol. The van der Waals surface area contributed by atoms with Crippen LogP contribution < -0.4 is 5.32 Å². The average molecular weight is 229 g/mol. The van der Waals surface area contributed by atoms with Gasteiger partial charge in [-0.15, -0.1) is 0 Å². The molecule has 0 bridgehead atoms. The van der Waals surface area contributed by atoms with E-state index in [0.29, 0.717) is 18.1 Å². The van der Waals surface area contributed by atoms with Gasteiger partial charge < -0.3 is 14.8 Å². The minimum atomic E-state index is 0.366.